The molecule has 0 saturated carbocycles. The van der Waals surface area contributed by atoms with Crippen molar-refractivity contribution < 1.29 is 33.8 Å². The van der Waals surface area contributed by atoms with Gasteiger partial charge in [0, 0.05) is 32.3 Å². The molecule has 4 heteroatoms. The van der Waals surface area contributed by atoms with Crippen LogP contribution in [0.3, 0.4) is 0 Å². The third-order valence-electron chi connectivity index (χ3n) is 4.50. The molecule has 0 aromatic heterocycles. The molecule has 0 fully saturated rings. The largest absolute Gasteiger partial charge is 0.393 e. The van der Waals surface area contributed by atoms with Crippen LogP contribution >= 0.6 is 0 Å². The minimum atomic E-state index is -0.416. The zero-order valence-corrected chi connectivity index (χ0v) is 19.9. The van der Waals surface area contributed by atoms with E-state index in [1.165, 1.54) is 83.5 Å². The van der Waals surface area contributed by atoms with Crippen molar-refractivity contribution in [1.29, 1.82) is 0 Å². The van der Waals surface area contributed by atoms with Gasteiger partial charge >= 0.3 is 11.9 Å². The van der Waals surface area contributed by atoms with E-state index in [0.29, 0.717) is 6.42 Å². The van der Waals surface area contributed by atoms with Gasteiger partial charge in [0.25, 0.3) is 0 Å². The van der Waals surface area contributed by atoms with Crippen molar-refractivity contribution in [2.24, 2.45) is 0 Å². The van der Waals surface area contributed by atoms with Crippen molar-refractivity contribution in [3.63, 3.8) is 0 Å². The van der Waals surface area contributed by atoms with Gasteiger partial charge in [0.05, 0.1) is 0 Å². The van der Waals surface area contributed by atoms with E-state index in [1.807, 2.05) is 0 Å². The molecule has 0 heterocycles. The van der Waals surface area contributed by atoms with E-state index >= 15 is 0 Å². The van der Waals surface area contributed by atoms with E-state index in [2.05, 4.69) is 11.7 Å². The van der Waals surface area contributed by atoms with Gasteiger partial charge in [0.2, 0.25) is 0 Å². The summed E-state index contributed by atoms with van der Waals surface area (Å²) in [6.45, 7) is 3.97. The van der Waals surface area contributed by atoms with Gasteiger partial charge in [-0.2, -0.15) is 0 Å². The number of esters is 2. The molecule has 0 spiro atoms. The first-order valence-electron chi connectivity index (χ1n) is 10.4. The normalized spacial score (nSPS) is 10.3. The first kappa shape index (κ1) is 27.0. The zero-order valence-electron chi connectivity index (χ0n) is 17.0. The zero-order chi connectivity index (χ0) is 17.9. The molecule has 144 valence electrons. The topological polar surface area (TPSA) is 43.4 Å². The van der Waals surface area contributed by atoms with Gasteiger partial charge in [-0.05, 0) is 6.42 Å². The average molecular weight is 406 g/mol. The molecule has 0 amide bonds. The second-order valence-electron chi connectivity index (χ2n) is 6.90. The van der Waals surface area contributed by atoms with Crippen molar-refractivity contribution in [3.05, 3.63) is 0 Å². The van der Waals surface area contributed by atoms with Crippen molar-refractivity contribution in [2.45, 2.75) is 123 Å². The SMILES string of the molecule is CCCCCCCCCCCCCCCCCC(=O)OC(=O)CC.[Zn]. The fraction of sp³-hybridized carbons (Fsp3) is 0.905. The summed E-state index contributed by atoms with van der Waals surface area (Å²) in [6.07, 6.45) is 20.3. The minimum Gasteiger partial charge on any atom is -0.393 e. The number of carbonyl (C=O) groups excluding carboxylic acids is 2. The van der Waals surface area contributed by atoms with Crippen LogP contribution in [0.4, 0.5) is 0 Å². The summed E-state index contributed by atoms with van der Waals surface area (Å²) in [5.74, 6) is -0.780. The molecule has 0 aromatic carbocycles. The Hall–Kier alpha value is -0.237. The van der Waals surface area contributed by atoms with Crippen LogP contribution in [-0.2, 0) is 33.8 Å². The second-order valence-corrected chi connectivity index (χ2v) is 6.90. The Kier molecular flexibility index (Phi) is 23.5. The number of ether oxygens (including phenoxy) is 1. The predicted molar refractivity (Wildman–Crippen MR) is 101 cm³/mol. The van der Waals surface area contributed by atoms with Crippen LogP contribution in [0.2, 0.25) is 0 Å². The van der Waals surface area contributed by atoms with Crippen LogP contribution in [0, 0.1) is 0 Å². The van der Waals surface area contributed by atoms with E-state index in [0.717, 1.165) is 12.8 Å². The molecular weight excluding hydrogens is 366 g/mol. The number of hydrogen-bond donors (Lipinski definition) is 0. The number of carbonyl (C=O) groups is 2. The molecule has 0 rings (SSSR count). The van der Waals surface area contributed by atoms with Crippen molar-refractivity contribution in [1.82, 2.24) is 0 Å². The van der Waals surface area contributed by atoms with E-state index in [9.17, 15) is 9.59 Å². The Morgan fingerprint density at radius 2 is 0.920 bits per heavy atom. The molecule has 0 bridgehead atoms. The first-order chi connectivity index (χ1) is 11.7. The fourth-order valence-corrected chi connectivity index (χ4v) is 2.89. The molecule has 0 aromatic rings. The van der Waals surface area contributed by atoms with Crippen molar-refractivity contribution in [3.8, 4) is 0 Å². The van der Waals surface area contributed by atoms with E-state index in [-0.39, 0.29) is 31.9 Å². The van der Waals surface area contributed by atoms with E-state index in [1.54, 1.807) is 6.92 Å². The summed E-state index contributed by atoms with van der Waals surface area (Å²) >= 11 is 0. The number of unbranched alkanes of at least 4 members (excludes halogenated alkanes) is 14. The summed E-state index contributed by atoms with van der Waals surface area (Å²) < 4.78 is 4.64. The van der Waals surface area contributed by atoms with E-state index < -0.39 is 5.97 Å². The number of hydrogen-bond acceptors (Lipinski definition) is 3. The molecule has 0 unspecified atom stereocenters. The third kappa shape index (κ3) is 21.7. The number of rotatable bonds is 17. The standard InChI is InChI=1S/C21H40O3.Zn/c1-3-5-6-7-8-9-10-11-12-13-14-15-16-17-18-19-21(23)24-20(22)4-2;/h3-19H2,1-2H3;. The quantitative estimate of drug-likeness (QED) is 0.117. The van der Waals surface area contributed by atoms with Crippen LogP contribution in [0.25, 0.3) is 0 Å². The first-order valence-corrected chi connectivity index (χ1v) is 10.4. The van der Waals surface area contributed by atoms with Crippen molar-refractivity contribution in [2.75, 3.05) is 0 Å². The summed E-state index contributed by atoms with van der Waals surface area (Å²) in [4.78, 5) is 22.2. The van der Waals surface area contributed by atoms with Gasteiger partial charge in [0.1, 0.15) is 0 Å². The van der Waals surface area contributed by atoms with Crippen LogP contribution in [0.15, 0.2) is 0 Å². The van der Waals surface area contributed by atoms with Crippen LogP contribution in [0.5, 0.6) is 0 Å². The molecule has 0 atom stereocenters. The van der Waals surface area contributed by atoms with Gasteiger partial charge < -0.3 is 4.74 Å². The minimum absolute atomic E-state index is 0. The molecule has 0 aliphatic rings. The smallest absolute Gasteiger partial charge is 0.313 e. The van der Waals surface area contributed by atoms with Gasteiger partial charge in [-0.25, -0.2) is 0 Å². The molecular formula is C21H40O3Zn. The maximum absolute atomic E-state index is 11.3. The fourth-order valence-electron chi connectivity index (χ4n) is 2.89. The summed E-state index contributed by atoms with van der Waals surface area (Å²) in [5, 5.41) is 0. The van der Waals surface area contributed by atoms with Crippen LogP contribution in [0.1, 0.15) is 123 Å². The Balaban J connectivity index is 0. The average Bonchev–Trinajstić information content (AvgIpc) is 2.58. The Labute approximate surface area is 168 Å². The monoisotopic (exact) mass is 404 g/mol. The summed E-state index contributed by atoms with van der Waals surface area (Å²) in [7, 11) is 0. The maximum Gasteiger partial charge on any atom is 0.313 e. The molecule has 0 saturated heterocycles. The van der Waals surface area contributed by atoms with Gasteiger partial charge in [-0.1, -0.05) is 104 Å². The Morgan fingerprint density at radius 1 is 0.560 bits per heavy atom. The molecule has 3 nitrogen and oxygen atoms in total. The maximum atomic E-state index is 11.3. The van der Waals surface area contributed by atoms with Crippen LogP contribution in [-0.4, -0.2) is 11.9 Å². The van der Waals surface area contributed by atoms with Gasteiger partial charge in [-0.15, -0.1) is 0 Å². The second kappa shape index (κ2) is 21.8. The molecule has 0 aliphatic heterocycles. The predicted octanol–water partition coefficient (Wildman–Crippen LogP) is 6.73. The van der Waals surface area contributed by atoms with Crippen molar-refractivity contribution >= 4 is 11.9 Å². The van der Waals surface area contributed by atoms with E-state index in [4.69, 9.17) is 0 Å². The molecule has 25 heavy (non-hydrogen) atoms. The Morgan fingerprint density at radius 3 is 1.28 bits per heavy atom. The molecule has 0 N–H and O–H groups in total. The Bertz CT molecular complexity index is 306. The van der Waals surface area contributed by atoms with Gasteiger partial charge in [-0.3, -0.25) is 9.59 Å². The molecule has 0 radical (unpaired) electrons. The molecule has 0 aliphatic carbocycles. The third-order valence-corrected chi connectivity index (χ3v) is 4.50. The van der Waals surface area contributed by atoms with Crippen LogP contribution < -0.4 is 0 Å². The van der Waals surface area contributed by atoms with Gasteiger partial charge in [0.15, 0.2) is 0 Å². The summed E-state index contributed by atoms with van der Waals surface area (Å²) in [6, 6.07) is 0. The summed E-state index contributed by atoms with van der Waals surface area (Å²) in [5.41, 5.74) is 0.